The minimum absolute atomic E-state index is 0.216. The fraction of sp³-hybridized carbons (Fsp3) is 0.231. The molecule has 0 bridgehead atoms. The molecule has 0 amide bonds. The molecule has 1 aromatic heterocycles. The minimum Gasteiger partial charge on any atom is -0.467 e. The van der Waals surface area contributed by atoms with E-state index in [1.165, 1.54) is 13.2 Å². The van der Waals surface area contributed by atoms with Crippen LogP contribution in [-0.4, -0.2) is 17.1 Å². The van der Waals surface area contributed by atoms with E-state index in [-0.39, 0.29) is 5.82 Å². The molecule has 2 rings (SSSR count). The van der Waals surface area contributed by atoms with Crippen LogP contribution in [-0.2, 0) is 0 Å². The number of halogens is 1. The summed E-state index contributed by atoms with van der Waals surface area (Å²) in [6, 6.07) is 7.06. The van der Waals surface area contributed by atoms with E-state index in [1.54, 1.807) is 19.1 Å². The van der Waals surface area contributed by atoms with Gasteiger partial charge in [0, 0.05) is 11.3 Å². The summed E-state index contributed by atoms with van der Waals surface area (Å²) >= 11 is 0. The molecule has 0 unspecified atom stereocenters. The maximum Gasteiger partial charge on any atom is 0.316 e. The van der Waals surface area contributed by atoms with E-state index in [0.717, 1.165) is 17.0 Å². The van der Waals surface area contributed by atoms with Crippen LogP contribution in [0.25, 0.3) is 11.3 Å². The predicted octanol–water partition coefficient (Wildman–Crippen LogP) is 2.91. The molecule has 1 heterocycles. The van der Waals surface area contributed by atoms with Crippen molar-refractivity contribution in [2.75, 3.05) is 7.11 Å². The van der Waals surface area contributed by atoms with E-state index in [1.807, 2.05) is 13.0 Å². The Labute approximate surface area is 99.3 Å². The molecule has 0 aliphatic heterocycles. The van der Waals surface area contributed by atoms with Gasteiger partial charge < -0.3 is 4.74 Å². The third-order valence-corrected chi connectivity index (χ3v) is 2.47. The lowest BCUT2D eigenvalue weighted by Gasteiger charge is -2.06. The summed E-state index contributed by atoms with van der Waals surface area (Å²) in [5.74, 6) is -0.216. The summed E-state index contributed by atoms with van der Waals surface area (Å²) in [5, 5.41) is 0. The first-order valence-corrected chi connectivity index (χ1v) is 5.26. The Morgan fingerprint density at radius 1 is 1.12 bits per heavy atom. The molecule has 0 atom stereocenters. The third kappa shape index (κ3) is 2.41. The molecular weight excluding hydrogens is 219 g/mol. The van der Waals surface area contributed by atoms with Crippen LogP contribution < -0.4 is 4.74 Å². The van der Waals surface area contributed by atoms with Crippen molar-refractivity contribution in [1.29, 1.82) is 0 Å². The molecule has 0 aliphatic rings. The van der Waals surface area contributed by atoms with Crippen molar-refractivity contribution in [3.05, 3.63) is 41.3 Å². The zero-order valence-electron chi connectivity index (χ0n) is 9.99. The highest BCUT2D eigenvalue weighted by Gasteiger charge is 2.06. The fourth-order valence-corrected chi connectivity index (χ4v) is 1.58. The van der Waals surface area contributed by atoms with Crippen LogP contribution in [0.1, 0.15) is 11.3 Å². The van der Waals surface area contributed by atoms with Crippen LogP contribution in [0, 0.1) is 19.7 Å². The van der Waals surface area contributed by atoms with Crippen LogP contribution in [0.4, 0.5) is 4.39 Å². The maximum atomic E-state index is 13.2. The van der Waals surface area contributed by atoms with Gasteiger partial charge in [0.15, 0.2) is 0 Å². The first-order chi connectivity index (χ1) is 8.10. The SMILES string of the molecule is COc1nc(C)cc(-c2ccc(F)c(C)c2)n1. The summed E-state index contributed by atoms with van der Waals surface area (Å²) in [5.41, 5.74) is 3.00. The molecule has 0 spiro atoms. The van der Waals surface area contributed by atoms with Gasteiger partial charge in [-0.1, -0.05) is 0 Å². The van der Waals surface area contributed by atoms with Crippen molar-refractivity contribution < 1.29 is 9.13 Å². The second-order valence-electron chi connectivity index (χ2n) is 3.85. The molecule has 0 saturated heterocycles. The zero-order chi connectivity index (χ0) is 12.4. The molecule has 3 nitrogen and oxygen atoms in total. The van der Waals surface area contributed by atoms with E-state index in [0.29, 0.717) is 11.6 Å². The van der Waals surface area contributed by atoms with Crippen molar-refractivity contribution in [3.63, 3.8) is 0 Å². The monoisotopic (exact) mass is 232 g/mol. The van der Waals surface area contributed by atoms with E-state index in [9.17, 15) is 4.39 Å². The van der Waals surface area contributed by atoms with Gasteiger partial charge in [0.2, 0.25) is 0 Å². The molecule has 88 valence electrons. The Morgan fingerprint density at radius 3 is 2.53 bits per heavy atom. The number of hydrogen-bond donors (Lipinski definition) is 0. The zero-order valence-corrected chi connectivity index (χ0v) is 9.99. The Bertz CT molecular complexity index is 555. The number of methoxy groups -OCH3 is 1. The smallest absolute Gasteiger partial charge is 0.316 e. The van der Waals surface area contributed by atoms with Crippen LogP contribution in [0.3, 0.4) is 0 Å². The molecule has 1 aromatic carbocycles. The Morgan fingerprint density at radius 2 is 1.88 bits per heavy atom. The van der Waals surface area contributed by atoms with Crippen LogP contribution in [0.2, 0.25) is 0 Å². The van der Waals surface area contributed by atoms with Gasteiger partial charge in [0.25, 0.3) is 0 Å². The van der Waals surface area contributed by atoms with Gasteiger partial charge in [-0.05, 0) is 43.7 Å². The summed E-state index contributed by atoms with van der Waals surface area (Å²) in [6.07, 6.45) is 0. The fourth-order valence-electron chi connectivity index (χ4n) is 1.58. The molecule has 0 N–H and O–H groups in total. The number of aromatic nitrogens is 2. The van der Waals surface area contributed by atoms with Crippen molar-refractivity contribution in [2.45, 2.75) is 13.8 Å². The van der Waals surface area contributed by atoms with Crippen molar-refractivity contribution >= 4 is 0 Å². The lowest BCUT2D eigenvalue weighted by Crippen LogP contribution is -1.96. The quantitative estimate of drug-likeness (QED) is 0.798. The Hall–Kier alpha value is -1.97. The highest BCUT2D eigenvalue weighted by atomic mass is 19.1. The molecular formula is C13H13FN2O. The van der Waals surface area contributed by atoms with Crippen molar-refractivity contribution in [1.82, 2.24) is 9.97 Å². The number of nitrogens with zero attached hydrogens (tertiary/aromatic N) is 2. The number of rotatable bonds is 2. The number of aryl methyl sites for hydroxylation is 2. The normalized spacial score (nSPS) is 10.4. The summed E-state index contributed by atoms with van der Waals surface area (Å²) in [4.78, 5) is 8.35. The molecule has 0 aliphatic carbocycles. The number of hydrogen-bond acceptors (Lipinski definition) is 3. The summed E-state index contributed by atoms with van der Waals surface area (Å²) in [6.45, 7) is 3.59. The first kappa shape index (κ1) is 11.5. The van der Waals surface area contributed by atoms with E-state index in [4.69, 9.17) is 4.74 Å². The molecule has 0 fully saturated rings. The Kier molecular flexibility index (Phi) is 3.04. The van der Waals surface area contributed by atoms with Crippen molar-refractivity contribution in [2.24, 2.45) is 0 Å². The lowest BCUT2D eigenvalue weighted by molar-refractivity contribution is 0.379. The highest BCUT2D eigenvalue weighted by Crippen LogP contribution is 2.22. The van der Waals surface area contributed by atoms with Crippen LogP contribution in [0.15, 0.2) is 24.3 Å². The molecule has 0 saturated carbocycles. The maximum absolute atomic E-state index is 13.2. The Balaban J connectivity index is 2.52. The largest absolute Gasteiger partial charge is 0.467 e. The average molecular weight is 232 g/mol. The number of ether oxygens (including phenoxy) is 1. The van der Waals surface area contributed by atoms with Crippen molar-refractivity contribution in [3.8, 4) is 17.3 Å². The molecule has 0 radical (unpaired) electrons. The topological polar surface area (TPSA) is 35.0 Å². The average Bonchev–Trinajstić information content (AvgIpc) is 2.32. The van der Waals surface area contributed by atoms with Crippen LogP contribution in [0.5, 0.6) is 6.01 Å². The van der Waals surface area contributed by atoms with Gasteiger partial charge >= 0.3 is 6.01 Å². The molecule has 17 heavy (non-hydrogen) atoms. The molecule has 2 aromatic rings. The third-order valence-electron chi connectivity index (χ3n) is 2.47. The predicted molar refractivity (Wildman–Crippen MR) is 63.5 cm³/mol. The van der Waals surface area contributed by atoms with Gasteiger partial charge in [-0.15, -0.1) is 0 Å². The van der Waals surface area contributed by atoms with E-state index in [2.05, 4.69) is 9.97 Å². The number of benzene rings is 1. The van der Waals surface area contributed by atoms with Gasteiger partial charge in [0.1, 0.15) is 5.82 Å². The van der Waals surface area contributed by atoms with Gasteiger partial charge in [-0.3, -0.25) is 0 Å². The summed E-state index contributed by atoms with van der Waals surface area (Å²) < 4.78 is 18.2. The van der Waals surface area contributed by atoms with Gasteiger partial charge in [-0.2, -0.15) is 4.98 Å². The molecule has 4 heteroatoms. The second-order valence-corrected chi connectivity index (χ2v) is 3.85. The van der Waals surface area contributed by atoms with E-state index < -0.39 is 0 Å². The standard InChI is InChI=1S/C13H13FN2O/c1-8-6-10(4-5-11(8)14)12-7-9(2)15-13(16-12)17-3/h4-7H,1-3H3. The van der Waals surface area contributed by atoms with Crippen LogP contribution >= 0.6 is 0 Å². The van der Waals surface area contributed by atoms with E-state index >= 15 is 0 Å². The second kappa shape index (κ2) is 4.49. The van der Waals surface area contributed by atoms with Gasteiger partial charge in [0.05, 0.1) is 12.8 Å². The summed E-state index contributed by atoms with van der Waals surface area (Å²) in [7, 11) is 1.52. The highest BCUT2D eigenvalue weighted by molar-refractivity contribution is 5.60. The first-order valence-electron chi connectivity index (χ1n) is 5.26. The minimum atomic E-state index is -0.216. The lowest BCUT2D eigenvalue weighted by atomic mass is 10.1. The van der Waals surface area contributed by atoms with Gasteiger partial charge in [-0.25, -0.2) is 9.37 Å².